The second kappa shape index (κ2) is 19.8. The third-order valence-electron chi connectivity index (χ3n) is 4.64. The number of hydrogen-bond donors (Lipinski definition) is 0. The lowest BCUT2D eigenvalue weighted by Crippen LogP contribution is -2.35. The van der Waals surface area contributed by atoms with E-state index in [9.17, 15) is 0 Å². The van der Waals surface area contributed by atoms with E-state index >= 15 is 0 Å². The lowest BCUT2D eigenvalue weighted by atomic mass is 10.0. The molecule has 0 amide bonds. The zero-order valence-corrected chi connectivity index (χ0v) is 17.9. The normalized spacial score (nSPS) is 12.4. The second-order valence-corrected chi connectivity index (χ2v) is 6.70. The molecule has 0 aromatic heterocycles. The Bertz CT molecular complexity index is 198. The Morgan fingerprint density at radius 2 is 1.14 bits per heavy atom. The van der Waals surface area contributed by atoms with Crippen LogP contribution < -0.4 is 0 Å². The summed E-state index contributed by atoms with van der Waals surface area (Å²) >= 11 is 5.87. The average Bonchev–Trinajstić information content (AvgIpc) is 2.51. The maximum Gasteiger partial charge on any atom is 0.0224 e. The first-order valence-electron chi connectivity index (χ1n) is 9.60. The summed E-state index contributed by atoms with van der Waals surface area (Å²) < 4.78 is 0. The van der Waals surface area contributed by atoms with Crippen LogP contribution in [0.15, 0.2) is 0 Å². The molecule has 3 heteroatoms. The third kappa shape index (κ3) is 14.3. The predicted octanol–water partition coefficient (Wildman–Crippen LogP) is 7.21. The summed E-state index contributed by atoms with van der Waals surface area (Å²) in [7, 11) is 0. The van der Waals surface area contributed by atoms with Crippen molar-refractivity contribution in [2.45, 2.75) is 104 Å². The second-order valence-electron chi connectivity index (χ2n) is 6.32. The van der Waals surface area contributed by atoms with Crippen LogP contribution in [0.2, 0.25) is 0 Å². The molecule has 0 fully saturated rings. The molecule has 0 spiro atoms. The molecule has 0 radical (unpaired) electrons. The van der Waals surface area contributed by atoms with E-state index in [0.717, 1.165) is 11.9 Å². The summed E-state index contributed by atoms with van der Waals surface area (Å²) in [5.41, 5.74) is 0. The Balaban J connectivity index is 0. The fraction of sp³-hybridized carbons (Fsp3) is 1.00. The van der Waals surface area contributed by atoms with Crippen LogP contribution >= 0.6 is 28.6 Å². The number of hydrogen-bond acceptors (Lipinski definition) is 1. The number of nitrogens with zero attached hydrogens (tertiary/aromatic N) is 1. The summed E-state index contributed by atoms with van der Waals surface area (Å²) in [5.74, 6) is 0.815. The van der Waals surface area contributed by atoms with Crippen molar-refractivity contribution < 1.29 is 0 Å². The molecule has 0 bridgehead atoms. The van der Waals surface area contributed by atoms with Gasteiger partial charge in [0.25, 0.3) is 0 Å². The monoisotopic (exact) mass is 397 g/mol. The summed E-state index contributed by atoms with van der Waals surface area (Å²) in [4.78, 5) is 2.62. The smallest absolute Gasteiger partial charge is 0.0224 e. The standard InChI is InChI=1S/C19H40ClN.BrH/c1-4-7-8-9-10-11-12-13-14-16-19(17-15-18-20)21(5-2)6-3;/h19H,4-18H2,1-3H3;1H. The largest absolute Gasteiger partial charge is 0.301 e. The molecule has 0 aliphatic rings. The van der Waals surface area contributed by atoms with Crippen LogP contribution in [0.5, 0.6) is 0 Å². The molecule has 1 unspecified atom stereocenters. The highest BCUT2D eigenvalue weighted by Gasteiger charge is 2.14. The Hall–Kier alpha value is 0.730. The average molecular weight is 399 g/mol. The van der Waals surface area contributed by atoms with E-state index in [1.165, 1.54) is 90.1 Å². The van der Waals surface area contributed by atoms with Crippen LogP contribution in [-0.4, -0.2) is 29.9 Å². The molecule has 0 heterocycles. The summed E-state index contributed by atoms with van der Waals surface area (Å²) in [6, 6.07) is 0.767. The van der Waals surface area contributed by atoms with E-state index < -0.39 is 0 Å². The third-order valence-corrected chi connectivity index (χ3v) is 4.91. The highest BCUT2D eigenvalue weighted by molar-refractivity contribution is 8.93. The molecule has 0 aromatic carbocycles. The Morgan fingerprint density at radius 3 is 1.59 bits per heavy atom. The summed E-state index contributed by atoms with van der Waals surface area (Å²) in [6.45, 7) is 9.22. The van der Waals surface area contributed by atoms with E-state index in [2.05, 4.69) is 25.7 Å². The molecular formula is C19H41BrClN. The van der Waals surface area contributed by atoms with Crippen molar-refractivity contribution in [3.8, 4) is 0 Å². The maximum atomic E-state index is 5.87. The lowest BCUT2D eigenvalue weighted by molar-refractivity contribution is 0.191. The summed E-state index contributed by atoms with van der Waals surface area (Å²) in [5, 5.41) is 0. The maximum absolute atomic E-state index is 5.87. The molecule has 0 rings (SSSR count). The topological polar surface area (TPSA) is 3.24 Å². The lowest BCUT2D eigenvalue weighted by Gasteiger charge is -2.29. The molecule has 0 saturated heterocycles. The van der Waals surface area contributed by atoms with Crippen LogP contribution in [0, 0.1) is 0 Å². The first-order chi connectivity index (χ1) is 10.3. The van der Waals surface area contributed by atoms with Gasteiger partial charge in [0.05, 0.1) is 0 Å². The molecular weight excluding hydrogens is 358 g/mol. The zero-order chi connectivity index (χ0) is 15.8. The van der Waals surface area contributed by atoms with Crippen molar-refractivity contribution >= 4 is 28.6 Å². The fourth-order valence-electron chi connectivity index (χ4n) is 3.25. The van der Waals surface area contributed by atoms with Crippen LogP contribution in [0.3, 0.4) is 0 Å². The van der Waals surface area contributed by atoms with E-state index in [1.54, 1.807) is 0 Å². The van der Waals surface area contributed by atoms with Gasteiger partial charge in [0.2, 0.25) is 0 Å². The van der Waals surface area contributed by atoms with Gasteiger partial charge >= 0.3 is 0 Å². The molecule has 0 N–H and O–H groups in total. The first kappa shape index (κ1) is 25.0. The zero-order valence-electron chi connectivity index (χ0n) is 15.4. The molecule has 136 valence electrons. The van der Waals surface area contributed by atoms with Gasteiger partial charge in [0.1, 0.15) is 0 Å². The van der Waals surface area contributed by atoms with Crippen LogP contribution in [-0.2, 0) is 0 Å². The quantitative estimate of drug-likeness (QED) is 0.196. The highest BCUT2D eigenvalue weighted by atomic mass is 79.9. The van der Waals surface area contributed by atoms with Gasteiger partial charge in [0, 0.05) is 11.9 Å². The molecule has 0 aromatic rings. The Morgan fingerprint density at radius 1 is 0.682 bits per heavy atom. The van der Waals surface area contributed by atoms with Crippen LogP contribution in [0.25, 0.3) is 0 Å². The first-order valence-corrected chi connectivity index (χ1v) is 10.1. The van der Waals surface area contributed by atoms with Gasteiger partial charge < -0.3 is 4.90 Å². The van der Waals surface area contributed by atoms with Crippen molar-refractivity contribution in [2.24, 2.45) is 0 Å². The van der Waals surface area contributed by atoms with Crippen molar-refractivity contribution in [1.29, 1.82) is 0 Å². The van der Waals surface area contributed by atoms with Gasteiger partial charge in [-0.05, 0) is 32.4 Å². The van der Waals surface area contributed by atoms with Crippen LogP contribution in [0.1, 0.15) is 97.8 Å². The van der Waals surface area contributed by atoms with Crippen molar-refractivity contribution in [1.82, 2.24) is 4.90 Å². The van der Waals surface area contributed by atoms with E-state index in [1.807, 2.05) is 0 Å². The number of rotatable bonds is 16. The van der Waals surface area contributed by atoms with Gasteiger partial charge in [0.15, 0.2) is 0 Å². The number of halogens is 2. The minimum absolute atomic E-state index is 0. The molecule has 1 nitrogen and oxygen atoms in total. The molecule has 0 saturated carbocycles. The van der Waals surface area contributed by atoms with Crippen LogP contribution in [0.4, 0.5) is 0 Å². The minimum Gasteiger partial charge on any atom is -0.301 e. The fourth-order valence-corrected chi connectivity index (χ4v) is 3.41. The van der Waals surface area contributed by atoms with E-state index in [0.29, 0.717) is 0 Å². The molecule has 0 aliphatic heterocycles. The minimum atomic E-state index is 0. The highest BCUT2D eigenvalue weighted by Crippen LogP contribution is 2.17. The molecule has 1 atom stereocenters. The molecule has 0 aliphatic carbocycles. The molecule has 22 heavy (non-hydrogen) atoms. The SMILES string of the molecule is Br.CCCCCCCCCCCC(CCCCl)N(CC)CC. The Kier molecular flexibility index (Phi) is 22.5. The van der Waals surface area contributed by atoms with E-state index in [4.69, 9.17) is 11.6 Å². The van der Waals surface area contributed by atoms with Crippen molar-refractivity contribution in [2.75, 3.05) is 19.0 Å². The van der Waals surface area contributed by atoms with Gasteiger partial charge in [-0.1, -0.05) is 78.6 Å². The van der Waals surface area contributed by atoms with Crippen molar-refractivity contribution in [3.63, 3.8) is 0 Å². The van der Waals surface area contributed by atoms with E-state index in [-0.39, 0.29) is 17.0 Å². The van der Waals surface area contributed by atoms with Crippen molar-refractivity contribution in [3.05, 3.63) is 0 Å². The number of alkyl halides is 1. The summed E-state index contributed by atoms with van der Waals surface area (Å²) in [6.07, 6.45) is 16.6. The Labute approximate surface area is 156 Å². The predicted molar refractivity (Wildman–Crippen MR) is 109 cm³/mol. The van der Waals surface area contributed by atoms with Gasteiger partial charge in [-0.15, -0.1) is 28.6 Å². The van der Waals surface area contributed by atoms with Gasteiger partial charge in [-0.3, -0.25) is 0 Å². The van der Waals surface area contributed by atoms with Gasteiger partial charge in [-0.2, -0.15) is 0 Å². The van der Waals surface area contributed by atoms with Gasteiger partial charge in [-0.25, -0.2) is 0 Å². The number of unbranched alkanes of at least 4 members (excludes halogenated alkanes) is 8.